The summed E-state index contributed by atoms with van der Waals surface area (Å²) in [5.41, 5.74) is 3.62. The van der Waals surface area contributed by atoms with Crippen LogP contribution in [0.1, 0.15) is 19.3 Å². The van der Waals surface area contributed by atoms with Crippen LogP contribution in [-0.4, -0.2) is 12.5 Å². The van der Waals surface area contributed by atoms with Gasteiger partial charge in [-0.2, -0.15) is 0 Å². The van der Waals surface area contributed by atoms with E-state index in [1.807, 2.05) is 42.7 Å². The number of nitrogens with zero attached hydrogens (tertiary/aromatic N) is 1. The van der Waals surface area contributed by atoms with Crippen LogP contribution in [0.4, 0.5) is 5.69 Å². The van der Waals surface area contributed by atoms with Crippen LogP contribution < -0.4 is 5.09 Å². The highest BCUT2D eigenvalue weighted by atomic mass is 31.1. The van der Waals surface area contributed by atoms with E-state index in [9.17, 15) is 0 Å². The fourth-order valence-electron chi connectivity index (χ4n) is 1.89. The molecule has 0 radical (unpaired) electrons. The van der Waals surface area contributed by atoms with E-state index in [-0.39, 0.29) is 0 Å². The molecule has 1 N–H and O–H groups in total. The molecule has 1 aliphatic rings. The van der Waals surface area contributed by atoms with Crippen LogP contribution in [0.2, 0.25) is 0 Å². The highest BCUT2D eigenvalue weighted by Crippen LogP contribution is 2.21. The first-order chi connectivity index (χ1) is 8.88. The smallest absolute Gasteiger partial charge is 0.0629 e. The number of hydrogen-bond acceptors (Lipinski definition) is 2. The van der Waals surface area contributed by atoms with E-state index in [2.05, 4.69) is 22.5 Å². The summed E-state index contributed by atoms with van der Waals surface area (Å²) in [5, 5.41) is 3.12. The molecular formula is C15H17N2P. The molecule has 0 saturated heterocycles. The normalized spacial score (nSPS) is 18.2. The maximum Gasteiger partial charge on any atom is 0.0629 e. The Morgan fingerprint density at radius 3 is 2.83 bits per heavy atom. The Morgan fingerprint density at radius 2 is 2.06 bits per heavy atom. The summed E-state index contributed by atoms with van der Waals surface area (Å²) < 4.78 is 0. The Morgan fingerprint density at radius 1 is 1.22 bits per heavy atom. The molecule has 0 saturated carbocycles. The van der Waals surface area contributed by atoms with Gasteiger partial charge in [-0.1, -0.05) is 30.6 Å². The average Bonchev–Trinajstić information content (AvgIpc) is 2.44. The number of rotatable bonds is 4. The molecule has 0 aliphatic heterocycles. The third-order valence-electron chi connectivity index (χ3n) is 2.78. The van der Waals surface area contributed by atoms with Crippen molar-refractivity contribution in [2.45, 2.75) is 19.3 Å². The number of benzene rings is 1. The van der Waals surface area contributed by atoms with Crippen LogP contribution in [0.5, 0.6) is 0 Å². The van der Waals surface area contributed by atoms with Gasteiger partial charge in [0.05, 0.1) is 5.69 Å². The van der Waals surface area contributed by atoms with E-state index < -0.39 is 0 Å². The first-order valence-electron chi connectivity index (χ1n) is 6.08. The molecule has 3 heteroatoms. The maximum atomic E-state index is 4.49. The van der Waals surface area contributed by atoms with E-state index in [0.29, 0.717) is 0 Å². The van der Waals surface area contributed by atoms with Crippen LogP contribution in [-0.2, 0) is 0 Å². The SMILES string of the molecule is C=PNC=C1C=C(C=Nc2ccccc2)CCC1. The van der Waals surface area contributed by atoms with Gasteiger partial charge in [0.2, 0.25) is 0 Å². The van der Waals surface area contributed by atoms with Crippen molar-refractivity contribution < 1.29 is 0 Å². The second-order valence-corrected chi connectivity index (χ2v) is 4.75. The molecule has 0 heterocycles. The predicted molar refractivity (Wildman–Crippen MR) is 81.8 cm³/mol. The molecule has 92 valence electrons. The molecule has 1 aromatic carbocycles. The summed E-state index contributed by atoms with van der Waals surface area (Å²) in [6.07, 6.45) is 13.4. The molecule has 2 rings (SSSR count). The molecule has 0 unspecified atom stereocenters. The Labute approximate surface area is 110 Å². The first kappa shape index (κ1) is 12.8. The van der Waals surface area contributed by atoms with Gasteiger partial charge >= 0.3 is 0 Å². The minimum Gasteiger partial charge on any atom is -0.345 e. The minimum absolute atomic E-state index is 0.940. The van der Waals surface area contributed by atoms with Gasteiger partial charge in [0.1, 0.15) is 0 Å². The Balaban J connectivity index is 2.06. The Kier molecular flexibility index (Phi) is 4.92. The van der Waals surface area contributed by atoms with Gasteiger partial charge in [0.25, 0.3) is 0 Å². The van der Waals surface area contributed by atoms with E-state index >= 15 is 0 Å². The summed E-state index contributed by atoms with van der Waals surface area (Å²) in [6.45, 7) is 0. The van der Waals surface area contributed by atoms with Gasteiger partial charge in [-0.05, 0) is 42.5 Å². The van der Waals surface area contributed by atoms with Crippen molar-refractivity contribution in [3.8, 4) is 0 Å². The molecule has 1 aromatic rings. The topological polar surface area (TPSA) is 24.4 Å². The van der Waals surface area contributed by atoms with Gasteiger partial charge < -0.3 is 5.09 Å². The Bertz CT molecular complexity index is 486. The van der Waals surface area contributed by atoms with Gasteiger partial charge in [0.15, 0.2) is 0 Å². The zero-order valence-corrected chi connectivity index (χ0v) is 11.2. The van der Waals surface area contributed by atoms with Crippen molar-refractivity contribution in [2.75, 3.05) is 0 Å². The molecule has 18 heavy (non-hydrogen) atoms. The lowest BCUT2D eigenvalue weighted by Gasteiger charge is -2.11. The number of para-hydroxylation sites is 1. The van der Waals surface area contributed by atoms with Crippen LogP contribution in [0.25, 0.3) is 0 Å². The third kappa shape index (κ3) is 3.97. The zero-order valence-electron chi connectivity index (χ0n) is 10.3. The lowest BCUT2D eigenvalue weighted by atomic mass is 9.96. The van der Waals surface area contributed by atoms with E-state index in [0.717, 1.165) is 26.9 Å². The Hall–Kier alpha value is -1.66. The zero-order chi connectivity index (χ0) is 12.6. The number of aliphatic imine (C=N–C) groups is 1. The molecule has 0 fully saturated rings. The quantitative estimate of drug-likeness (QED) is 0.631. The summed E-state index contributed by atoms with van der Waals surface area (Å²) >= 11 is 0. The van der Waals surface area contributed by atoms with Crippen LogP contribution in [0.3, 0.4) is 0 Å². The van der Waals surface area contributed by atoms with Gasteiger partial charge in [-0.3, -0.25) is 4.99 Å². The fourth-order valence-corrected chi connectivity index (χ4v) is 2.15. The molecule has 0 spiro atoms. The second kappa shape index (κ2) is 6.93. The largest absolute Gasteiger partial charge is 0.345 e. The molecule has 0 atom stereocenters. The molecular weight excluding hydrogens is 239 g/mol. The maximum absolute atomic E-state index is 4.49. The van der Waals surface area contributed by atoms with Gasteiger partial charge in [0, 0.05) is 20.8 Å². The lowest BCUT2D eigenvalue weighted by Crippen LogP contribution is -1.98. The second-order valence-electron chi connectivity index (χ2n) is 4.17. The monoisotopic (exact) mass is 256 g/mol. The van der Waals surface area contributed by atoms with E-state index in [1.54, 1.807) is 0 Å². The summed E-state index contributed by atoms with van der Waals surface area (Å²) in [7, 11) is 0.940. The summed E-state index contributed by atoms with van der Waals surface area (Å²) in [6, 6.07) is 10.0. The van der Waals surface area contributed by atoms with Crippen LogP contribution >= 0.6 is 8.35 Å². The third-order valence-corrected chi connectivity index (χ3v) is 3.09. The molecule has 0 bridgehead atoms. The van der Waals surface area contributed by atoms with Gasteiger partial charge in [-0.15, -0.1) is 0 Å². The van der Waals surface area contributed by atoms with Gasteiger partial charge in [-0.25, -0.2) is 0 Å². The molecule has 1 aliphatic carbocycles. The van der Waals surface area contributed by atoms with E-state index in [1.165, 1.54) is 17.6 Å². The van der Waals surface area contributed by atoms with Crippen molar-refractivity contribution in [3.05, 3.63) is 53.8 Å². The van der Waals surface area contributed by atoms with Crippen molar-refractivity contribution in [2.24, 2.45) is 4.99 Å². The molecule has 0 aromatic heterocycles. The highest BCUT2D eigenvalue weighted by molar-refractivity contribution is 7.34. The summed E-state index contributed by atoms with van der Waals surface area (Å²) in [4.78, 5) is 4.49. The highest BCUT2D eigenvalue weighted by Gasteiger charge is 2.05. The summed E-state index contributed by atoms with van der Waals surface area (Å²) in [5.74, 6) is 0. The predicted octanol–water partition coefficient (Wildman–Crippen LogP) is 4.27. The minimum atomic E-state index is 0.940. The fraction of sp³-hybridized carbons (Fsp3) is 0.200. The van der Waals surface area contributed by atoms with Crippen LogP contribution in [0.15, 0.2) is 58.7 Å². The molecule has 2 nitrogen and oxygen atoms in total. The lowest BCUT2D eigenvalue weighted by molar-refractivity contribution is 0.803. The number of nitrogens with one attached hydrogen (secondary N) is 1. The van der Waals surface area contributed by atoms with Crippen molar-refractivity contribution >= 4 is 26.6 Å². The number of hydrogen-bond donors (Lipinski definition) is 1. The van der Waals surface area contributed by atoms with Crippen molar-refractivity contribution in [1.82, 2.24) is 5.09 Å². The van der Waals surface area contributed by atoms with Crippen LogP contribution in [0, 0.1) is 0 Å². The average molecular weight is 256 g/mol. The van der Waals surface area contributed by atoms with Crippen molar-refractivity contribution in [1.29, 1.82) is 0 Å². The first-order valence-corrected chi connectivity index (χ1v) is 7.16. The number of allylic oxidation sites excluding steroid dienone is 3. The van der Waals surface area contributed by atoms with Crippen molar-refractivity contribution in [3.63, 3.8) is 0 Å². The standard InChI is InChI=1S/C15H17N2P/c1-18-17-12-14-7-5-6-13(10-14)11-16-15-8-3-2-4-9-15/h2-4,8-12,17H,1,5-7H2. The van der Waals surface area contributed by atoms with E-state index in [4.69, 9.17) is 0 Å². The molecule has 0 amide bonds.